The van der Waals surface area contributed by atoms with Gasteiger partial charge in [-0.3, -0.25) is 18.9 Å². The van der Waals surface area contributed by atoms with Crippen LogP contribution in [0.15, 0.2) is 42.6 Å². The van der Waals surface area contributed by atoms with Gasteiger partial charge in [0.2, 0.25) is 0 Å². The Hall–Kier alpha value is -3.02. The monoisotopic (exact) mass is 306 g/mol. The molecule has 6 heteroatoms. The van der Waals surface area contributed by atoms with Crippen molar-refractivity contribution in [3.05, 3.63) is 65.1 Å². The summed E-state index contributed by atoms with van der Waals surface area (Å²) in [5.41, 5.74) is 2.77. The van der Waals surface area contributed by atoms with Crippen LogP contribution < -0.4 is 0 Å². The highest BCUT2D eigenvalue weighted by atomic mass is 16.2. The number of nitrogens with zero attached hydrogens (tertiary/aromatic N) is 4. The Morgan fingerprint density at radius 1 is 0.957 bits per heavy atom. The lowest BCUT2D eigenvalue weighted by Crippen LogP contribution is -2.32. The fourth-order valence-corrected chi connectivity index (χ4v) is 2.92. The minimum atomic E-state index is -0.240. The molecule has 23 heavy (non-hydrogen) atoms. The summed E-state index contributed by atoms with van der Waals surface area (Å²) in [5.74, 6) is 0.256. The van der Waals surface area contributed by atoms with Gasteiger partial charge in [0.25, 0.3) is 11.8 Å². The molecule has 0 saturated carbocycles. The molecule has 3 heterocycles. The summed E-state index contributed by atoms with van der Waals surface area (Å²) in [6.07, 6.45) is 2.36. The van der Waals surface area contributed by atoms with E-state index in [1.165, 1.54) is 4.90 Å². The molecule has 0 aliphatic carbocycles. The van der Waals surface area contributed by atoms with Gasteiger partial charge in [0, 0.05) is 19.2 Å². The third kappa shape index (κ3) is 2.03. The number of carbonyl (C=O) groups is 2. The minimum absolute atomic E-state index is 0.240. The van der Waals surface area contributed by atoms with Crippen molar-refractivity contribution in [3.8, 4) is 0 Å². The van der Waals surface area contributed by atoms with Gasteiger partial charge in [-0.05, 0) is 30.7 Å². The van der Waals surface area contributed by atoms with Gasteiger partial charge >= 0.3 is 0 Å². The van der Waals surface area contributed by atoms with Gasteiger partial charge in [-0.2, -0.15) is 0 Å². The first-order valence-corrected chi connectivity index (χ1v) is 7.41. The molecule has 114 valence electrons. The van der Waals surface area contributed by atoms with E-state index in [0.717, 1.165) is 17.0 Å². The maximum absolute atomic E-state index is 12.3. The third-order valence-electron chi connectivity index (χ3n) is 4.14. The maximum atomic E-state index is 12.3. The van der Waals surface area contributed by atoms with E-state index < -0.39 is 0 Å². The number of aromatic nitrogens is 3. The fourth-order valence-electron chi connectivity index (χ4n) is 2.92. The molecule has 1 aliphatic rings. The van der Waals surface area contributed by atoms with Crippen molar-refractivity contribution < 1.29 is 9.59 Å². The van der Waals surface area contributed by atoms with E-state index in [4.69, 9.17) is 0 Å². The molecule has 0 unspecified atom stereocenters. The Morgan fingerprint density at radius 2 is 1.65 bits per heavy atom. The molecule has 4 rings (SSSR count). The number of benzene rings is 1. The molecular formula is C17H14N4O2. The predicted octanol–water partition coefficient (Wildman–Crippen LogP) is 1.88. The normalized spacial score (nSPS) is 13.9. The number of amides is 2. The Bertz CT molecular complexity index is 910. The van der Waals surface area contributed by atoms with E-state index >= 15 is 0 Å². The molecule has 0 bridgehead atoms. The highest BCUT2D eigenvalue weighted by molar-refractivity contribution is 6.21. The number of hydrogen-bond donors (Lipinski definition) is 0. The number of rotatable bonds is 3. The van der Waals surface area contributed by atoms with Crippen LogP contribution in [0.2, 0.25) is 0 Å². The van der Waals surface area contributed by atoms with Crippen LogP contribution in [0.1, 0.15) is 32.1 Å². The van der Waals surface area contributed by atoms with Gasteiger partial charge in [0.15, 0.2) is 5.65 Å². The largest absolute Gasteiger partial charge is 0.286 e. The Labute approximate surface area is 132 Å². The number of aryl methyl sites for hydroxylation is 1. The zero-order chi connectivity index (χ0) is 16.0. The van der Waals surface area contributed by atoms with Crippen molar-refractivity contribution in [1.29, 1.82) is 0 Å². The highest BCUT2D eigenvalue weighted by Crippen LogP contribution is 2.22. The summed E-state index contributed by atoms with van der Waals surface area (Å²) < 4.78 is 1.90. The Morgan fingerprint density at radius 3 is 2.35 bits per heavy atom. The molecule has 0 radical (unpaired) electrons. The summed E-state index contributed by atoms with van der Waals surface area (Å²) in [5, 5.41) is 8.35. The topological polar surface area (TPSA) is 67.6 Å². The molecule has 1 aromatic carbocycles. The van der Waals surface area contributed by atoms with Gasteiger partial charge in [-0.1, -0.05) is 18.2 Å². The van der Waals surface area contributed by atoms with Gasteiger partial charge in [0.1, 0.15) is 5.82 Å². The summed E-state index contributed by atoms with van der Waals surface area (Å²) in [6.45, 7) is 2.26. The lowest BCUT2D eigenvalue weighted by atomic mass is 10.1. The van der Waals surface area contributed by atoms with Crippen LogP contribution in [-0.2, 0) is 6.42 Å². The standard InChI is InChI=1S/C17H14N4O2/c1-11-5-4-9-20-14(18-19-15(11)20)8-10-21-16(22)12-6-2-3-7-13(12)17(21)23/h2-7,9H,8,10H2,1H3. The summed E-state index contributed by atoms with van der Waals surface area (Å²) >= 11 is 0. The van der Waals surface area contributed by atoms with Crippen molar-refractivity contribution in [2.45, 2.75) is 13.3 Å². The first kappa shape index (κ1) is 13.6. The molecule has 0 saturated heterocycles. The van der Waals surface area contributed by atoms with E-state index in [9.17, 15) is 9.59 Å². The minimum Gasteiger partial charge on any atom is -0.286 e. The lowest BCUT2D eigenvalue weighted by molar-refractivity contribution is 0.0655. The van der Waals surface area contributed by atoms with E-state index in [-0.39, 0.29) is 11.8 Å². The maximum Gasteiger partial charge on any atom is 0.261 e. The molecule has 1 aliphatic heterocycles. The van der Waals surface area contributed by atoms with Crippen LogP contribution in [0.25, 0.3) is 5.65 Å². The smallest absolute Gasteiger partial charge is 0.261 e. The third-order valence-corrected chi connectivity index (χ3v) is 4.14. The summed E-state index contributed by atoms with van der Waals surface area (Å²) in [6, 6.07) is 10.8. The number of fused-ring (bicyclic) bond motifs is 2. The average molecular weight is 306 g/mol. The fraction of sp³-hybridized carbons (Fsp3) is 0.176. The van der Waals surface area contributed by atoms with Gasteiger partial charge < -0.3 is 0 Å². The molecule has 0 atom stereocenters. The first-order chi connectivity index (χ1) is 11.2. The number of hydrogen-bond acceptors (Lipinski definition) is 4. The van der Waals surface area contributed by atoms with Crippen LogP contribution >= 0.6 is 0 Å². The molecule has 0 spiro atoms. The molecule has 0 N–H and O–H groups in total. The number of imide groups is 1. The van der Waals surface area contributed by atoms with Crippen molar-refractivity contribution in [2.75, 3.05) is 6.54 Å². The summed E-state index contributed by atoms with van der Waals surface area (Å²) in [7, 11) is 0. The van der Waals surface area contributed by atoms with Crippen molar-refractivity contribution in [1.82, 2.24) is 19.5 Å². The Kier molecular flexibility index (Phi) is 2.97. The van der Waals surface area contributed by atoms with Crippen molar-refractivity contribution >= 4 is 17.5 Å². The Balaban J connectivity index is 1.59. The SMILES string of the molecule is Cc1cccn2c(CCN3C(=O)c4ccccc4C3=O)nnc12. The first-order valence-electron chi connectivity index (χ1n) is 7.41. The molecule has 6 nitrogen and oxygen atoms in total. The average Bonchev–Trinajstić information content (AvgIpc) is 3.08. The number of pyridine rings is 1. The van der Waals surface area contributed by atoms with Crippen LogP contribution in [0, 0.1) is 6.92 Å². The summed E-state index contributed by atoms with van der Waals surface area (Å²) in [4.78, 5) is 26.0. The highest BCUT2D eigenvalue weighted by Gasteiger charge is 2.34. The number of carbonyl (C=O) groups excluding carboxylic acids is 2. The van der Waals surface area contributed by atoms with Crippen molar-refractivity contribution in [2.24, 2.45) is 0 Å². The van der Waals surface area contributed by atoms with E-state index in [1.807, 2.05) is 29.7 Å². The van der Waals surface area contributed by atoms with Gasteiger partial charge in [-0.25, -0.2) is 0 Å². The molecule has 2 aromatic heterocycles. The van der Waals surface area contributed by atoms with Crippen LogP contribution in [-0.4, -0.2) is 37.9 Å². The molecular weight excluding hydrogens is 292 g/mol. The van der Waals surface area contributed by atoms with Crippen LogP contribution in [0.5, 0.6) is 0 Å². The van der Waals surface area contributed by atoms with Gasteiger partial charge in [-0.15, -0.1) is 10.2 Å². The second kappa shape index (κ2) is 5.01. The zero-order valence-corrected chi connectivity index (χ0v) is 12.6. The zero-order valence-electron chi connectivity index (χ0n) is 12.6. The van der Waals surface area contributed by atoms with E-state index in [0.29, 0.717) is 24.1 Å². The van der Waals surface area contributed by atoms with Gasteiger partial charge in [0.05, 0.1) is 11.1 Å². The molecule has 3 aromatic rings. The second-order valence-corrected chi connectivity index (χ2v) is 5.56. The van der Waals surface area contributed by atoms with Crippen LogP contribution in [0.4, 0.5) is 0 Å². The molecule has 2 amide bonds. The van der Waals surface area contributed by atoms with E-state index in [2.05, 4.69) is 10.2 Å². The molecule has 0 fully saturated rings. The lowest BCUT2D eigenvalue weighted by Gasteiger charge is -2.12. The predicted molar refractivity (Wildman–Crippen MR) is 83.2 cm³/mol. The van der Waals surface area contributed by atoms with Crippen molar-refractivity contribution in [3.63, 3.8) is 0 Å². The second-order valence-electron chi connectivity index (χ2n) is 5.56. The quantitative estimate of drug-likeness (QED) is 0.693. The van der Waals surface area contributed by atoms with Crippen LogP contribution in [0.3, 0.4) is 0 Å². The van der Waals surface area contributed by atoms with E-state index in [1.54, 1.807) is 24.3 Å².